The Morgan fingerprint density at radius 1 is 1.07 bits per heavy atom. The number of carbonyl (C=O) groups excluding carboxylic acids is 1. The number of fused-ring (bicyclic) bond motifs is 1. The molecule has 0 radical (unpaired) electrons. The van der Waals surface area contributed by atoms with Crippen molar-refractivity contribution in [1.82, 2.24) is 4.90 Å². The molecular formula is C32H35Cl3N2O3S. The molecule has 1 heterocycles. The van der Waals surface area contributed by atoms with Crippen LogP contribution in [0.25, 0.3) is 0 Å². The van der Waals surface area contributed by atoms with E-state index in [1.807, 2.05) is 56.3 Å². The standard InChI is InChI=1S/C32H35Cl3N2O3S/c1-32(2,40-31(36)38)17-21-9-6-12-37(18-21)28-16-24-25(13-22(33)14-26(24)34)30(28)39-23-10-11-29(27(35)15-23)41-19-20-7-4-3-5-8-20/h3-5,7-8,10-11,13-15,21,28,30H,6,9,12,16-19H2,1-2H3,(H2,36,38)/t21-,28+,30+/m1/s1. The van der Waals surface area contributed by atoms with E-state index >= 15 is 0 Å². The monoisotopic (exact) mass is 632 g/mol. The van der Waals surface area contributed by atoms with Gasteiger partial charge in [-0.25, -0.2) is 4.79 Å². The second-order valence-corrected chi connectivity index (χ2v) is 13.8. The Hall–Kier alpha value is -2.09. The summed E-state index contributed by atoms with van der Waals surface area (Å²) in [5, 5.41) is 1.92. The van der Waals surface area contributed by atoms with E-state index in [1.54, 1.807) is 17.8 Å². The van der Waals surface area contributed by atoms with Crippen LogP contribution in [0.15, 0.2) is 65.6 Å². The third-order valence-electron chi connectivity index (χ3n) is 7.84. The molecule has 3 aromatic carbocycles. The number of likely N-dealkylation sites (tertiary alicyclic amines) is 1. The first-order valence-corrected chi connectivity index (χ1v) is 16.0. The number of benzene rings is 3. The summed E-state index contributed by atoms with van der Waals surface area (Å²) in [5.74, 6) is 1.91. The van der Waals surface area contributed by atoms with Gasteiger partial charge in [0.1, 0.15) is 17.5 Å². The molecular weight excluding hydrogens is 599 g/mol. The van der Waals surface area contributed by atoms with Gasteiger partial charge in [0.2, 0.25) is 0 Å². The largest absolute Gasteiger partial charge is 0.484 e. The molecule has 1 aliphatic carbocycles. The highest BCUT2D eigenvalue weighted by Gasteiger charge is 2.42. The van der Waals surface area contributed by atoms with Gasteiger partial charge in [-0.2, -0.15) is 0 Å². The molecule has 0 unspecified atom stereocenters. The topological polar surface area (TPSA) is 64.8 Å². The van der Waals surface area contributed by atoms with Crippen molar-refractivity contribution in [3.05, 3.63) is 92.4 Å². The van der Waals surface area contributed by atoms with Gasteiger partial charge in [-0.05, 0) is 93.5 Å². The SMILES string of the molecule is CC(C)(C[C@H]1CCCN([C@H]2Cc3c(Cl)cc(Cl)cc3[C@@H]2Oc2ccc(SCc3ccccc3)c(Cl)c2)C1)OC(N)=O. The molecule has 9 heteroatoms. The molecule has 3 atom stereocenters. The lowest BCUT2D eigenvalue weighted by atomic mass is 9.86. The fourth-order valence-corrected chi connectivity index (χ4v) is 8.00. The van der Waals surface area contributed by atoms with Crippen LogP contribution < -0.4 is 10.5 Å². The molecule has 2 N–H and O–H groups in total. The summed E-state index contributed by atoms with van der Waals surface area (Å²) in [4.78, 5) is 14.9. The first-order valence-electron chi connectivity index (χ1n) is 13.9. The molecule has 0 bridgehead atoms. The maximum Gasteiger partial charge on any atom is 0.405 e. The van der Waals surface area contributed by atoms with E-state index in [9.17, 15) is 4.79 Å². The molecule has 0 spiro atoms. The van der Waals surface area contributed by atoms with Crippen LogP contribution in [0.5, 0.6) is 5.75 Å². The number of hydrogen-bond acceptors (Lipinski definition) is 5. The third-order valence-corrected chi connectivity index (χ3v) is 9.97. The van der Waals surface area contributed by atoms with Gasteiger partial charge < -0.3 is 15.2 Å². The van der Waals surface area contributed by atoms with Crippen LogP contribution in [-0.4, -0.2) is 35.7 Å². The number of nitrogens with two attached hydrogens (primary N) is 1. The predicted molar refractivity (Wildman–Crippen MR) is 168 cm³/mol. The van der Waals surface area contributed by atoms with Gasteiger partial charge in [0, 0.05) is 32.8 Å². The van der Waals surface area contributed by atoms with E-state index in [4.69, 9.17) is 50.0 Å². The second-order valence-electron chi connectivity index (χ2n) is 11.5. The molecule has 2 aliphatic rings. The number of ether oxygens (including phenoxy) is 2. The number of hydrogen-bond donors (Lipinski definition) is 1. The molecule has 3 aromatic rings. The predicted octanol–water partition coefficient (Wildman–Crippen LogP) is 8.96. The van der Waals surface area contributed by atoms with Gasteiger partial charge >= 0.3 is 6.09 Å². The normalized spacial score (nSPS) is 21.0. The maximum absolute atomic E-state index is 11.4. The van der Waals surface area contributed by atoms with Crippen molar-refractivity contribution in [2.24, 2.45) is 11.7 Å². The van der Waals surface area contributed by atoms with Crippen LogP contribution in [0, 0.1) is 5.92 Å². The third kappa shape index (κ3) is 7.66. The minimum atomic E-state index is -0.739. The first-order chi connectivity index (χ1) is 19.6. The number of halogens is 3. The quantitative estimate of drug-likeness (QED) is 0.238. The molecule has 1 fully saturated rings. The maximum atomic E-state index is 11.4. The Bertz CT molecular complexity index is 1390. The second kappa shape index (κ2) is 13.0. The Kier molecular flexibility index (Phi) is 9.67. The molecule has 1 saturated heterocycles. The van der Waals surface area contributed by atoms with Crippen molar-refractivity contribution in [1.29, 1.82) is 0 Å². The van der Waals surface area contributed by atoms with Gasteiger partial charge in [0.25, 0.3) is 0 Å². The molecule has 5 rings (SSSR count). The Labute approximate surface area is 261 Å². The number of rotatable bonds is 9. The fourth-order valence-electron chi connectivity index (χ4n) is 6.21. The highest BCUT2D eigenvalue weighted by Crippen LogP contribution is 2.44. The molecule has 1 aliphatic heterocycles. The van der Waals surface area contributed by atoms with E-state index in [0.29, 0.717) is 26.7 Å². The number of carbonyl (C=O) groups is 1. The van der Waals surface area contributed by atoms with Crippen LogP contribution in [-0.2, 0) is 16.9 Å². The highest BCUT2D eigenvalue weighted by atomic mass is 35.5. The van der Waals surface area contributed by atoms with Crippen LogP contribution in [0.1, 0.15) is 55.9 Å². The summed E-state index contributed by atoms with van der Waals surface area (Å²) >= 11 is 21.6. The zero-order valence-electron chi connectivity index (χ0n) is 23.2. The minimum absolute atomic E-state index is 0.0786. The lowest BCUT2D eigenvalue weighted by molar-refractivity contribution is -0.000233. The van der Waals surface area contributed by atoms with Crippen molar-refractivity contribution in [2.45, 2.75) is 67.9 Å². The average Bonchev–Trinajstić information content (AvgIpc) is 3.26. The van der Waals surface area contributed by atoms with Gasteiger partial charge in [-0.15, -0.1) is 11.8 Å². The molecule has 0 aromatic heterocycles. The summed E-state index contributed by atoms with van der Waals surface area (Å²) < 4.78 is 12.1. The van der Waals surface area contributed by atoms with Crippen molar-refractivity contribution in [3.63, 3.8) is 0 Å². The average molecular weight is 634 g/mol. The summed E-state index contributed by atoms with van der Waals surface area (Å²) in [6, 6.07) is 20.1. The van der Waals surface area contributed by atoms with E-state index < -0.39 is 11.7 Å². The Morgan fingerprint density at radius 3 is 2.59 bits per heavy atom. The number of piperidine rings is 1. The van der Waals surface area contributed by atoms with E-state index in [1.165, 1.54) is 5.56 Å². The zero-order valence-corrected chi connectivity index (χ0v) is 26.3. The van der Waals surface area contributed by atoms with Crippen molar-refractivity contribution >= 4 is 52.7 Å². The number of primary amides is 1. The number of nitrogens with zero attached hydrogens (tertiary/aromatic N) is 1. The van der Waals surface area contributed by atoms with Crippen molar-refractivity contribution in [2.75, 3.05) is 13.1 Å². The van der Waals surface area contributed by atoms with Gasteiger partial charge in [-0.1, -0.05) is 65.1 Å². The van der Waals surface area contributed by atoms with Crippen LogP contribution in [0.3, 0.4) is 0 Å². The van der Waals surface area contributed by atoms with E-state index in [-0.39, 0.29) is 12.1 Å². The number of amides is 1. The van der Waals surface area contributed by atoms with Crippen LogP contribution >= 0.6 is 46.6 Å². The van der Waals surface area contributed by atoms with Gasteiger partial charge in [0.15, 0.2) is 0 Å². The number of thioether (sulfide) groups is 1. The fraction of sp³-hybridized carbons (Fsp3) is 0.406. The van der Waals surface area contributed by atoms with Crippen molar-refractivity contribution < 1.29 is 14.3 Å². The summed E-state index contributed by atoms with van der Waals surface area (Å²) in [5.41, 5.74) is 8.04. The summed E-state index contributed by atoms with van der Waals surface area (Å²) in [6.45, 7) is 5.65. The van der Waals surface area contributed by atoms with Gasteiger partial charge in [-0.3, -0.25) is 4.90 Å². The minimum Gasteiger partial charge on any atom is -0.484 e. The van der Waals surface area contributed by atoms with Crippen molar-refractivity contribution in [3.8, 4) is 5.75 Å². The summed E-state index contributed by atoms with van der Waals surface area (Å²) in [6.07, 6.45) is 2.62. The lowest BCUT2D eigenvalue weighted by Crippen LogP contribution is -2.47. The molecule has 0 saturated carbocycles. The van der Waals surface area contributed by atoms with E-state index in [0.717, 1.165) is 60.5 Å². The summed E-state index contributed by atoms with van der Waals surface area (Å²) in [7, 11) is 0. The Morgan fingerprint density at radius 2 is 1.85 bits per heavy atom. The molecule has 218 valence electrons. The highest BCUT2D eigenvalue weighted by molar-refractivity contribution is 7.98. The lowest BCUT2D eigenvalue weighted by Gasteiger charge is -2.41. The molecule has 1 amide bonds. The Balaban J connectivity index is 1.35. The first kappa shape index (κ1) is 30.4. The smallest absolute Gasteiger partial charge is 0.405 e. The molecule has 5 nitrogen and oxygen atoms in total. The zero-order chi connectivity index (χ0) is 29.1. The van der Waals surface area contributed by atoms with E-state index in [2.05, 4.69) is 17.0 Å². The van der Waals surface area contributed by atoms with Gasteiger partial charge in [0.05, 0.1) is 11.1 Å². The molecule has 41 heavy (non-hydrogen) atoms. The van der Waals surface area contributed by atoms with Crippen LogP contribution in [0.4, 0.5) is 4.79 Å². The van der Waals surface area contributed by atoms with Crippen LogP contribution in [0.2, 0.25) is 15.1 Å².